The summed E-state index contributed by atoms with van der Waals surface area (Å²) in [4.78, 5) is 12.3. The Morgan fingerprint density at radius 1 is 1.08 bits per heavy atom. The standard InChI is InChI=1S/C19H23FN2O3/c1-11-7-6-8-12(2)18(11)22-19(23)21-13(3)14-9-16(24-4)17(25-5)10-15(14)20/h6-10,13H,1-5H3,(H2,21,22,23)/t13-/m0/s1. The lowest BCUT2D eigenvalue weighted by molar-refractivity contribution is 0.249. The summed E-state index contributed by atoms with van der Waals surface area (Å²) < 4.78 is 24.6. The molecular weight excluding hydrogens is 323 g/mol. The van der Waals surface area contributed by atoms with Crippen LogP contribution < -0.4 is 20.1 Å². The first-order chi connectivity index (χ1) is 11.9. The molecular formula is C19H23FN2O3. The second-order valence-corrected chi connectivity index (χ2v) is 5.82. The SMILES string of the molecule is COc1cc(F)c([C@H](C)NC(=O)Nc2c(C)cccc2C)cc1OC. The molecule has 2 rings (SSSR count). The Morgan fingerprint density at radius 3 is 2.20 bits per heavy atom. The monoisotopic (exact) mass is 346 g/mol. The molecule has 0 saturated carbocycles. The van der Waals surface area contributed by atoms with Gasteiger partial charge in [0.25, 0.3) is 0 Å². The van der Waals surface area contributed by atoms with E-state index in [2.05, 4.69) is 10.6 Å². The maximum atomic E-state index is 14.3. The van der Waals surface area contributed by atoms with Crippen LogP contribution >= 0.6 is 0 Å². The molecule has 0 aliphatic heterocycles. The van der Waals surface area contributed by atoms with Crippen molar-refractivity contribution in [2.24, 2.45) is 0 Å². The fraction of sp³-hybridized carbons (Fsp3) is 0.316. The van der Waals surface area contributed by atoms with Crippen molar-refractivity contribution in [2.45, 2.75) is 26.8 Å². The van der Waals surface area contributed by atoms with Gasteiger partial charge in [-0.15, -0.1) is 0 Å². The van der Waals surface area contributed by atoms with E-state index < -0.39 is 17.9 Å². The molecule has 2 aromatic carbocycles. The van der Waals surface area contributed by atoms with Gasteiger partial charge in [0.1, 0.15) is 5.82 Å². The highest BCUT2D eigenvalue weighted by molar-refractivity contribution is 5.91. The summed E-state index contributed by atoms with van der Waals surface area (Å²) in [5.74, 6) is 0.233. The van der Waals surface area contributed by atoms with E-state index in [1.165, 1.54) is 26.4 Å². The maximum Gasteiger partial charge on any atom is 0.319 e. The number of rotatable bonds is 5. The fourth-order valence-corrected chi connectivity index (χ4v) is 2.64. The van der Waals surface area contributed by atoms with E-state index in [1.807, 2.05) is 32.0 Å². The highest BCUT2D eigenvalue weighted by atomic mass is 19.1. The summed E-state index contributed by atoms with van der Waals surface area (Å²) in [5, 5.41) is 5.56. The molecule has 0 unspecified atom stereocenters. The van der Waals surface area contributed by atoms with Gasteiger partial charge in [-0.25, -0.2) is 9.18 Å². The number of halogens is 1. The van der Waals surface area contributed by atoms with Crippen molar-refractivity contribution >= 4 is 11.7 Å². The number of anilines is 1. The lowest BCUT2D eigenvalue weighted by Gasteiger charge is -2.19. The van der Waals surface area contributed by atoms with Gasteiger partial charge in [-0.1, -0.05) is 18.2 Å². The summed E-state index contributed by atoms with van der Waals surface area (Å²) in [7, 11) is 2.92. The summed E-state index contributed by atoms with van der Waals surface area (Å²) in [6, 6.07) is 7.58. The van der Waals surface area contributed by atoms with Gasteiger partial charge >= 0.3 is 6.03 Å². The van der Waals surface area contributed by atoms with Crippen LogP contribution in [-0.2, 0) is 0 Å². The van der Waals surface area contributed by atoms with Crippen LogP contribution in [0.2, 0.25) is 0 Å². The van der Waals surface area contributed by atoms with Gasteiger partial charge in [-0.05, 0) is 38.0 Å². The van der Waals surface area contributed by atoms with Crippen LogP contribution in [0.25, 0.3) is 0 Å². The lowest BCUT2D eigenvalue weighted by atomic mass is 10.1. The Labute approximate surface area is 147 Å². The number of methoxy groups -OCH3 is 2. The smallest absolute Gasteiger partial charge is 0.319 e. The number of para-hydroxylation sites is 1. The largest absolute Gasteiger partial charge is 0.493 e. The molecule has 0 aliphatic rings. The van der Waals surface area contributed by atoms with Crippen molar-refractivity contribution < 1.29 is 18.7 Å². The van der Waals surface area contributed by atoms with Gasteiger partial charge in [-0.2, -0.15) is 0 Å². The van der Waals surface area contributed by atoms with E-state index in [0.29, 0.717) is 17.1 Å². The molecule has 2 amide bonds. The fourth-order valence-electron chi connectivity index (χ4n) is 2.64. The van der Waals surface area contributed by atoms with Crippen molar-refractivity contribution in [3.63, 3.8) is 0 Å². The number of carbonyl (C=O) groups excluding carboxylic acids is 1. The molecule has 0 fully saturated rings. The molecule has 2 N–H and O–H groups in total. The second kappa shape index (κ2) is 7.88. The predicted octanol–water partition coefficient (Wildman–Crippen LogP) is 4.34. The van der Waals surface area contributed by atoms with E-state index >= 15 is 0 Å². The minimum absolute atomic E-state index is 0.302. The Bertz CT molecular complexity index is 757. The first-order valence-corrected chi connectivity index (χ1v) is 7.92. The minimum Gasteiger partial charge on any atom is -0.493 e. The van der Waals surface area contributed by atoms with Crippen LogP contribution in [0.5, 0.6) is 11.5 Å². The Hall–Kier alpha value is -2.76. The molecule has 0 heterocycles. The third kappa shape index (κ3) is 4.21. The van der Waals surface area contributed by atoms with Gasteiger partial charge in [0.15, 0.2) is 11.5 Å². The maximum absolute atomic E-state index is 14.3. The Balaban J connectivity index is 2.16. The molecule has 6 heteroatoms. The number of carbonyl (C=O) groups is 1. The van der Waals surface area contributed by atoms with Gasteiger partial charge in [0, 0.05) is 17.3 Å². The average Bonchev–Trinajstić information content (AvgIpc) is 2.57. The molecule has 0 aliphatic carbocycles. The quantitative estimate of drug-likeness (QED) is 0.846. The van der Waals surface area contributed by atoms with E-state index in [4.69, 9.17) is 9.47 Å². The molecule has 2 aromatic rings. The molecule has 0 bridgehead atoms. The zero-order valence-corrected chi connectivity index (χ0v) is 15.1. The predicted molar refractivity (Wildman–Crippen MR) is 96.0 cm³/mol. The lowest BCUT2D eigenvalue weighted by Crippen LogP contribution is -2.32. The Kier molecular flexibility index (Phi) is 5.85. The van der Waals surface area contributed by atoms with E-state index in [1.54, 1.807) is 6.92 Å². The molecule has 1 atom stereocenters. The molecule has 5 nitrogen and oxygen atoms in total. The van der Waals surface area contributed by atoms with Crippen LogP contribution in [-0.4, -0.2) is 20.3 Å². The molecule has 0 aromatic heterocycles. The molecule has 134 valence electrons. The number of hydrogen-bond donors (Lipinski definition) is 2. The van der Waals surface area contributed by atoms with Crippen LogP contribution in [0, 0.1) is 19.7 Å². The average molecular weight is 346 g/mol. The van der Waals surface area contributed by atoms with Crippen molar-refractivity contribution in [1.82, 2.24) is 5.32 Å². The van der Waals surface area contributed by atoms with Crippen LogP contribution in [0.1, 0.15) is 29.7 Å². The van der Waals surface area contributed by atoms with Gasteiger partial charge in [-0.3, -0.25) is 0 Å². The number of urea groups is 1. The van der Waals surface area contributed by atoms with Crippen LogP contribution in [0.3, 0.4) is 0 Å². The topological polar surface area (TPSA) is 59.6 Å². The van der Waals surface area contributed by atoms with E-state index in [-0.39, 0.29) is 0 Å². The summed E-state index contributed by atoms with van der Waals surface area (Å²) in [6.07, 6.45) is 0. The number of hydrogen-bond acceptors (Lipinski definition) is 3. The van der Waals surface area contributed by atoms with Gasteiger partial charge in [0.2, 0.25) is 0 Å². The van der Waals surface area contributed by atoms with E-state index in [9.17, 15) is 9.18 Å². The molecule has 0 spiro atoms. The van der Waals surface area contributed by atoms with E-state index in [0.717, 1.165) is 16.8 Å². The number of aryl methyl sites for hydroxylation is 2. The van der Waals surface area contributed by atoms with Crippen molar-refractivity contribution in [2.75, 3.05) is 19.5 Å². The molecule has 0 saturated heterocycles. The summed E-state index contributed by atoms with van der Waals surface area (Å²) in [5.41, 5.74) is 2.98. The van der Waals surface area contributed by atoms with Gasteiger partial charge < -0.3 is 20.1 Å². The zero-order chi connectivity index (χ0) is 18.6. The first-order valence-electron chi connectivity index (χ1n) is 7.92. The van der Waals surface area contributed by atoms with Crippen LogP contribution in [0.15, 0.2) is 30.3 Å². The second-order valence-electron chi connectivity index (χ2n) is 5.82. The number of nitrogens with one attached hydrogen (secondary N) is 2. The third-order valence-corrected chi connectivity index (χ3v) is 4.04. The summed E-state index contributed by atoms with van der Waals surface area (Å²) >= 11 is 0. The van der Waals surface area contributed by atoms with Gasteiger partial charge in [0.05, 0.1) is 20.3 Å². The van der Waals surface area contributed by atoms with Crippen molar-refractivity contribution in [1.29, 1.82) is 0 Å². The number of benzene rings is 2. The molecule has 25 heavy (non-hydrogen) atoms. The third-order valence-electron chi connectivity index (χ3n) is 4.04. The number of ether oxygens (including phenoxy) is 2. The first kappa shape index (κ1) is 18.6. The highest BCUT2D eigenvalue weighted by Gasteiger charge is 2.18. The summed E-state index contributed by atoms with van der Waals surface area (Å²) in [6.45, 7) is 5.54. The molecule has 0 radical (unpaired) electrons. The highest BCUT2D eigenvalue weighted by Crippen LogP contribution is 2.32. The van der Waals surface area contributed by atoms with Crippen molar-refractivity contribution in [3.05, 3.63) is 52.8 Å². The number of amides is 2. The normalized spacial score (nSPS) is 11.6. The Morgan fingerprint density at radius 2 is 1.64 bits per heavy atom. The van der Waals surface area contributed by atoms with Crippen LogP contribution in [0.4, 0.5) is 14.9 Å². The van der Waals surface area contributed by atoms with Crippen molar-refractivity contribution in [3.8, 4) is 11.5 Å². The minimum atomic E-state index is -0.552. The zero-order valence-electron chi connectivity index (χ0n) is 15.1.